The van der Waals surface area contributed by atoms with E-state index in [9.17, 15) is 13.2 Å². The van der Waals surface area contributed by atoms with E-state index in [1.807, 2.05) is 0 Å². The van der Waals surface area contributed by atoms with Crippen LogP contribution in [0.1, 0.15) is 19.3 Å². The predicted molar refractivity (Wildman–Crippen MR) is 72.9 cm³/mol. The molecule has 1 aliphatic rings. The van der Waals surface area contributed by atoms with Gasteiger partial charge in [0.1, 0.15) is 23.3 Å². The van der Waals surface area contributed by atoms with Crippen LogP contribution in [0.4, 0.5) is 24.7 Å². The van der Waals surface area contributed by atoms with Gasteiger partial charge in [-0.3, -0.25) is 0 Å². The van der Waals surface area contributed by atoms with Crippen LogP contribution in [0.3, 0.4) is 0 Å². The van der Waals surface area contributed by atoms with Crippen molar-refractivity contribution in [3.05, 3.63) is 23.8 Å². The lowest BCUT2D eigenvalue weighted by molar-refractivity contribution is 0.270. The van der Waals surface area contributed by atoms with Crippen LogP contribution in [-0.4, -0.2) is 28.1 Å². The molecule has 0 spiro atoms. The Labute approximate surface area is 118 Å². The Morgan fingerprint density at radius 1 is 1.00 bits per heavy atom. The van der Waals surface area contributed by atoms with Gasteiger partial charge in [0.25, 0.3) is 0 Å². The lowest BCUT2D eigenvalue weighted by Gasteiger charge is -2.28. The zero-order valence-corrected chi connectivity index (χ0v) is 11.2. The molecule has 0 amide bonds. The first-order valence-corrected chi connectivity index (χ1v) is 6.68. The van der Waals surface area contributed by atoms with Crippen LogP contribution in [0.25, 0.3) is 10.9 Å². The van der Waals surface area contributed by atoms with E-state index in [-0.39, 0.29) is 11.3 Å². The van der Waals surface area contributed by atoms with E-state index in [4.69, 9.17) is 5.73 Å². The summed E-state index contributed by atoms with van der Waals surface area (Å²) in [6, 6.07) is 0. The summed E-state index contributed by atoms with van der Waals surface area (Å²) >= 11 is 0. The maximum atomic E-state index is 14.4. The van der Waals surface area contributed by atoms with E-state index in [0.29, 0.717) is 13.1 Å². The van der Waals surface area contributed by atoms with Crippen LogP contribution in [0.2, 0.25) is 0 Å². The van der Waals surface area contributed by atoms with Crippen LogP contribution in [-0.2, 0) is 0 Å². The molecule has 0 radical (unpaired) electrons. The maximum absolute atomic E-state index is 14.4. The first-order valence-electron chi connectivity index (χ1n) is 6.68. The summed E-state index contributed by atoms with van der Waals surface area (Å²) in [4.78, 5) is 7.22. The zero-order valence-electron chi connectivity index (χ0n) is 11.2. The molecule has 0 bridgehead atoms. The normalized spacial score (nSPS) is 16.3. The molecule has 3 N–H and O–H groups in total. The van der Waals surface area contributed by atoms with Crippen molar-refractivity contribution in [2.24, 2.45) is 0 Å². The van der Waals surface area contributed by atoms with Gasteiger partial charge in [-0.2, -0.15) is 0 Å². The summed E-state index contributed by atoms with van der Waals surface area (Å²) in [5.74, 6) is -3.82. The highest BCUT2D eigenvalue weighted by atomic mass is 19.2. The van der Waals surface area contributed by atoms with Crippen LogP contribution in [0.5, 0.6) is 0 Å². The van der Waals surface area contributed by atoms with Crippen LogP contribution >= 0.6 is 0 Å². The van der Waals surface area contributed by atoms with Gasteiger partial charge in [-0.25, -0.2) is 28.1 Å². The Morgan fingerprint density at radius 3 is 2.43 bits per heavy atom. The number of hydrogen-bond donors (Lipinski definition) is 2. The van der Waals surface area contributed by atoms with Gasteiger partial charge in [0.15, 0.2) is 17.5 Å². The highest BCUT2D eigenvalue weighted by molar-refractivity contribution is 5.91. The number of hydrogen-bond acceptors (Lipinski definition) is 5. The molecular weight excluding hydrogens is 283 g/mol. The first kappa shape index (κ1) is 13.9. The van der Waals surface area contributed by atoms with Crippen molar-refractivity contribution in [3.8, 4) is 0 Å². The van der Waals surface area contributed by atoms with Gasteiger partial charge in [0.05, 0.1) is 5.39 Å². The third kappa shape index (κ3) is 2.35. The summed E-state index contributed by atoms with van der Waals surface area (Å²) in [6.45, 7) is 1.29. The topological polar surface area (TPSA) is 67.1 Å². The van der Waals surface area contributed by atoms with Crippen LogP contribution < -0.4 is 11.2 Å². The van der Waals surface area contributed by atoms with E-state index < -0.39 is 28.5 Å². The second-order valence-corrected chi connectivity index (χ2v) is 4.96. The highest BCUT2D eigenvalue weighted by Crippen LogP contribution is 2.32. The lowest BCUT2D eigenvalue weighted by Crippen LogP contribution is -2.35. The SMILES string of the molecule is Nc1ncnc2c(F)c(NN3CCCCC3)c(F)c(F)c12. The predicted octanol–water partition coefficient (Wildman–Crippen LogP) is 2.44. The van der Waals surface area contributed by atoms with Crippen molar-refractivity contribution in [2.75, 3.05) is 24.2 Å². The number of nitrogens with one attached hydrogen (secondary N) is 1. The standard InChI is InChI=1S/C13H14F3N5/c14-8-7-11(18-6-19-13(7)17)10(16)12(9(8)15)20-21-4-2-1-3-5-21/h6,20H,1-5H2,(H2,17,18,19). The van der Waals surface area contributed by atoms with Gasteiger partial charge in [0.2, 0.25) is 0 Å². The molecular formula is C13H14F3N5. The molecule has 21 heavy (non-hydrogen) atoms. The second-order valence-electron chi connectivity index (χ2n) is 4.96. The van der Waals surface area contributed by atoms with Gasteiger partial charge in [-0.15, -0.1) is 0 Å². The van der Waals surface area contributed by atoms with Gasteiger partial charge in [-0.1, -0.05) is 6.42 Å². The summed E-state index contributed by atoms with van der Waals surface area (Å²) in [5.41, 5.74) is 7.21. The Hall–Kier alpha value is -2.09. The second kappa shape index (κ2) is 5.36. The largest absolute Gasteiger partial charge is 0.383 e. The molecule has 2 heterocycles. The molecule has 2 aromatic rings. The number of fused-ring (bicyclic) bond motifs is 1. The molecule has 8 heteroatoms. The first-order chi connectivity index (χ1) is 10.1. The minimum Gasteiger partial charge on any atom is -0.383 e. The Kier molecular flexibility index (Phi) is 3.54. The number of aromatic nitrogens is 2. The highest BCUT2D eigenvalue weighted by Gasteiger charge is 2.24. The monoisotopic (exact) mass is 297 g/mol. The van der Waals surface area contributed by atoms with Crippen molar-refractivity contribution in [2.45, 2.75) is 19.3 Å². The molecule has 1 fully saturated rings. The van der Waals surface area contributed by atoms with E-state index in [2.05, 4.69) is 15.4 Å². The Balaban J connectivity index is 2.10. The number of nitrogens with zero attached hydrogens (tertiary/aromatic N) is 3. The van der Waals surface area contributed by atoms with Gasteiger partial charge in [-0.05, 0) is 12.8 Å². The molecule has 0 unspecified atom stereocenters. The molecule has 112 valence electrons. The number of nitrogens with two attached hydrogens (primary N) is 1. The minimum atomic E-state index is -1.31. The third-order valence-corrected chi connectivity index (χ3v) is 3.56. The summed E-state index contributed by atoms with van der Waals surface area (Å²) in [5, 5.41) is 1.23. The molecule has 0 saturated carbocycles. The molecule has 3 rings (SSSR count). The van der Waals surface area contributed by atoms with Crippen molar-refractivity contribution in [1.29, 1.82) is 0 Å². The number of piperidine rings is 1. The van der Waals surface area contributed by atoms with Crippen LogP contribution in [0, 0.1) is 17.5 Å². The van der Waals surface area contributed by atoms with Crippen LogP contribution in [0.15, 0.2) is 6.33 Å². The average Bonchev–Trinajstić information content (AvgIpc) is 2.50. The smallest absolute Gasteiger partial charge is 0.187 e. The van der Waals surface area contributed by atoms with Gasteiger partial charge < -0.3 is 11.2 Å². The number of anilines is 2. The Morgan fingerprint density at radius 2 is 1.71 bits per heavy atom. The van der Waals surface area contributed by atoms with Gasteiger partial charge in [0, 0.05) is 13.1 Å². The van der Waals surface area contributed by atoms with Crippen molar-refractivity contribution in [1.82, 2.24) is 15.0 Å². The maximum Gasteiger partial charge on any atom is 0.187 e. The van der Waals surface area contributed by atoms with E-state index in [0.717, 1.165) is 25.6 Å². The molecule has 0 atom stereocenters. The molecule has 1 aromatic carbocycles. The number of halogens is 3. The quantitative estimate of drug-likeness (QED) is 0.833. The zero-order chi connectivity index (χ0) is 15.0. The average molecular weight is 297 g/mol. The molecule has 1 aliphatic heterocycles. The third-order valence-electron chi connectivity index (χ3n) is 3.56. The van der Waals surface area contributed by atoms with Crippen molar-refractivity contribution < 1.29 is 13.2 Å². The van der Waals surface area contributed by atoms with Gasteiger partial charge >= 0.3 is 0 Å². The van der Waals surface area contributed by atoms with E-state index in [1.165, 1.54) is 0 Å². The summed E-state index contributed by atoms with van der Waals surface area (Å²) < 4.78 is 42.6. The molecule has 1 saturated heterocycles. The fraction of sp³-hybridized carbons (Fsp3) is 0.385. The summed E-state index contributed by atoms with van der Waals surface area (Å²) in [6.07, 6.45) is 3.92. The number of benzene rings is 1. The van der Waals surface area contributed by atoms with E-state index in [1.54, 1.807) is 5.01 Å². The summed E-state index contributed by atoms with van der Waals surface area (Å²) in [7, 11) is 0. The molecule has 0 aliphatic carbocycles. The molecule has 1 aromatic heterocycles. The van der Waals surface area contributed by atoms with Crippen molar-refractivity contribution in [3.63, 3.8) is 0 Å². The van der Waals surface area contributed by atoms with E-state index >= 15 is 0 Å². The fourth-order valence-corrected chi connectivity index (χ4v) is 2.48. The molecule has 5 nitrogen and oxygen atoms in total. The number of hydrazine groups is 1. The minimum absolute atomic E-state index is 0.292. The lowest BCUT2D eigenvalue weighted by atomic mass is 10.1. The Bertz CT molecular complexity index is 685. The van der Waals surface area contributed by atoms with Crippen molar-refractivity contribution >= 4 is 22.4 Å². The number of rotatable bonds is 2. The fourth-order valence-electron chi connectivity index (χ4n) is 2.48. The number of nitrogen functional groups attached to an aromatic ring is 1.